The fourth-order valence-electron chi connectivity index (χ4n) is 3.41. The largest absolute Gasteiger partial charge is 0.505 e. The molecule has 0 bridgehead atoms. The summed E-state index contributed by atoms with van der Waals surface area (Å²) in [6.07, 6.45) is 0. The number of rotatable bonds is 6. The zero-order valence-electron chi connectivity index (χ0n) is 18.5. The second kappa shape index (κ2) is 10.4. The molecule has 4 aromatic carbocycles. The Bertz CT molecular complexity index is 1470. The van der Waals surface area contributed by atoms with Crippen molar-refractivity contribution >= 4 is 68.5 Å². The van der Waals surface area contributed by atoms with E-state index in [1.807, 2.05) is 6.07 Å². The molecule has 0 unspecified atom stereocenters. The topological polar surface area (TPSA) is 92.5 Å². The van der Waals surface area contributed by atoms with Crippen LogP contribution in [0.4, 0.5) is 17.1 Å². The summed E-state index contributed by atoms with van der Waals surface area (Å²) in [5, 5.41) is 24.5. The first kappa shape index (κ1) is 24.6. The molecule has 10 heteroatoms. The minimum Gasteiger partial charge on any atom is -0.505 e. The van der Waals surface area contributed by atoms with Gasteiger partial charge >= 0.3 is 0 Å². The molecular weight excluding hydrogens is 513 g/mol. The average Bonchev–Trinajstić information content (AvgIpc) is 2.85. The van der Waals surface area contributed by atoms with E-state index in [4.69, 9.17) is 44.3 Å². The first-order valence-electron chi connectivity index (χ1n) is 10.2. The lowest BCUT2D eigenvalue weighted by Crippen LogP contribution is -2.13. The van der Waals surface area contributed by atoms with Crippen LogP contribution in [-0.2, 0) is 0 Å². The normalized spacial score (nSPS) is 11.1. The van der Waals surface area contributed by atoms with Crippen LogP contribution in [0.15, 0.2) is 70.9 Å². The predicted molar refractivity (Wildman–Crippen MR) is 139 cm³/mol. The first-order valence-corrected chi connectivity index (χ1v) is 11.3. The van der Waals surface area contributed by atoms with Crippen LogP contribution in [-0.4, -0.2) is 25.2 Å². The Morgan fingerprint density at radius 3 is 2.37 bits per heavy atom. The van der Waals surface area contributed by atoms with Gasteiger partial charge in [-0.15, -0.1) is 10.2 Å². The molecule has 4 aromatic rings. The van der Waals surface area contributed by atoms with Crippen LogP contribution in [0, 0.1) is 0 Å². The van der Waals surface area contributed by atoms with Gasteiger partial charge in [0.1, 0.15) is 22.9 Å². The van der Waals surface area contributed by atoms with E-state index >= 15 is 0 Å². The molecule has 0 aliphatic carbocycles. The molecule has 0 saturated heterocycles. The van der Waals surface area contributed by atoms with E-state index < -0.39 is 5.91 Å². The number of phenolic OH excluding ortho intramolecular Hbond substituents is 1. The van der Waals surface area contributed by atoms with Gasteiger partial charge in [0, 0.05) is 22.5 Å². The van der Waals surface area contributed by atoms with E-state index in [0.29, 0.717) is 48.7 Å². The number of phenols is 1. The highest BCUT2D eigenvalue weighted by molar-refractivity contribution is 6.35. The van der Waals surface area contributed by atoms with E-state index in [1.54, 1.807) is 42.5 Å². The summed E-state index contributed by atoms with van der Waals surface area (Å²) in [6.45, 7) is 0. The predicted octanol–water partition coefficient (Wildman–Crippen LogP) is 8.19. The summed E-state index contributed by atoms with van der Waals surface area (Å²) in [7, 11) is 2.90. The van der Waals surface area contributed by atoms with E-state index in [9.17, 15) is 9.90 Å². The monoisotopic (exact) mass is 529 g/mol. The standard InChI is InChI=1S/C25H18Cl3N3O4/c1-34-21-12-20(22(35-2)11-18(21)28)29-25(33)16-9-13-5-3-4-6-15(13)23(24(16)32)31-30-19-10-14(26)7-8-17(19)27/h3-12,32H,1-2H3,(H,29,33). The molecule has 2 N–H and O–H groups in total. The van der Waals surface area contributed by atoms with Gasteiger partial charge in [0.15, 0.2) is 5.75 Å². The third-order valence-electron chi connectivity index (χ3n) is 5.13. The molecule has 0 fully saturated rings. The summed E-state index contributed by atoms with van der Waals surface area (Å²) in [4.78, 5) is 13.2. The minimum absolute atomic E-state index is 0.0224. The highest BCUT2D eigenvalue weighted by atomic mass is 35.5. The number of hydrogen-bond donors (Lipinski definition) is 2. The van der Waals surface area contributed by atoms with Crippen molar-refractivity contribution in [1.29, 1.82) is 0 Å². The van der Waals surface area contributed by atoms with Crippen molar-refractivity contribution in [1.82, 2.24) is 0 Å². The number of carbonyl (C=O) groups excluding carboxylic acids is 1. The van der Waals surface area contributed by atoms with Gasteiger partial charge in [-0.1, -0.05) is 59.1 Å². The van der Waals surface area contributed by atoms with Crippen LogP contribution in [0.2, 0.25) is 15.1 Å². The number of carbonyl (C=O) groups is 1. The van der Waals surface area contributed by atoms with Crippen LogP contribution in [0.25, 0.3) is 10.8 Å². The average molecular weight is 531 g/mol. The summed E-state index contributed by atoms with van der Waals surface area (Å²) in [5.41, 5.74) is 0.700. The second-order valence-corrected chi connectivity index (χ2v) is 8.53. The van der Waals surface area contributed by atoms with Gasteiger partial charge < -0.3 is 19.9 Å². The minimum atomic E-state index is -0.604. The molecule has 0 atom stereocenters. The SMILES string of the molecule is COc1cc(NC(=O)c2cc3ccccc3c(N=Nc3cc(Cl)ccc3Cl)c2O)c(OC)cc1Cl. The zero-order chi connectivity index (χ0) is 25.1. The van der Waals surface area contributed by atoms with E-state index in [-0.39, 0.29) is 17.0 Å². The second-order valence-electron chi connectivity index (χ2n) is 7.28. The van der Waals surface area contributed by atoms with Gasteiger partial charge in [-0.2, -0.15) is 0 Å². The molecule has 0 aliphatic rings. The molecule has 0 spiro atoms. The number of methoxy groups -OCH3 is 2. The molecule has 0 saturated carbocycles. The van der Waals surface area contributed by atoms with Gasteiger partial charge in [0.25, 0.3) is 5.91 Å². The van der Waals surface area contributed by atoms with Crippen LogP contribution >= 0.6 is 34.8 Å². The maximum absolute atomic E-state index is 13.2. The fraction of sp³-hybridized carbons (Fsp3) is 0.0800. The van der Waals surface area contributed by atoms with Crippen molar-refractivity contribution in [2.45, 2.75) is 0 Å². The number of halogens is 3. The smallest absolute Gasteiger partial charge is 0.259 e. The lowest BCUT2D eigenvalue weighted by molar-refractivity contribution is 0.102. The van der Waals surface area contributed by atoms with Crippen LogP contribution < -0.4 is 14.8 Å². The Morgan fingerprint density at radius 1 is 0.886 bits per heavy atom. The molecule has 1 amide bonds. The summed E-state index contributed by atoms with van der Waals surface area (Å²) in [5.74, 6) is -0.297. The number of fused-ring (bicyclic) bond motifs is 1. The third-order valence-corrected chi connectivity index (χ3v) is 5.98. The van der Waals surface area contributed by atoms with Gasteiger partial charge in [-0.05, 0) is 29.7 Å². The maximum Gasteiger partial charge on any atom is 0.259 e. The lowest BCUT2D eigenvalue weighted by atomic mass is 10.0. The number of nitrogens with one attached hydrogen (secondary N) is 1. The van der Waals surface area contributed by atoms with Gasteiger partial charge in [0.05, 0.1) is 35.5 Å². The molecule has 35 heavy (non-hydrogen) atoms. The fourth-order valence-corrected chi connectivity index (χ4v) is 3.96. The number of amides is 1. The summed E-state index contributed by atoms with van der Waals surface area (Å²) >= 11 is 18.4. The number of nitrogens with zero attached hydrogens (tertiary/aromatic N) is 2. The van der Waals surface area contributed by atoms with Crippen molar-refractivity contribution in [3.05, 3.63) is 81.3 Å². The number of aromatic hydroxyl groups is 1. The number of hydrogen-bond acceptors (Lipinski definition) is 6. The molecule has 0 aliphatic heterocycles. The third kappa shape index (κ3) is 5.12. The molecular formula is C25H18Cl3N3O4. The number of ether oxygens (including phenoxy) is 2. The molecule has 4 rings (SSSR count). The zero-order valence-corrected chi connectivity index (χ0v) is 20.7. The van der Waals surface area contributed by atoms with E-state index in [2.05, 4.69) is 15.5 Å². The number of anilines is 1. The van der Waals surface area contributed by atoms with Crippen molar-refractivity contribution < 1.29 is 19.4 Å². The van der Waals surface area contributed by atoms with E-state index in [0.717, 1.165) is 0 Å². The Labute approximate surface area is 215 Å². The van der Waals surface area contributed by atoms with Crippen LogP contribution in [0.1, 0.15) is 10.4 Å². The van der Waals surface area contributed by atoms with Gasteiger partial charge in [0.2, 0.25) is 0 Å². The van der Waals surface area contributed by atoms with Gasteiger partial charge in [-0.3, -0.25) is 4.79 Å². The first-order chi connectivity index (χ1) is 16.8. The van der Waals surface area contributed by atoms with E-state index in [1.165, 1.54) is 26.4 Å². The highest BCUT2D eigenvalue weighted by Crippen LogP contribution is 2.41. The highest BCUT2D eigenvalue weighted by Gasteiger charge is 2.20. The summed E-state index contributed by atoms with van der Waals surface area (Å²) in [6, 6.07) is 16.5. The van der Waals surface area contributed by atoms with Crippen LogP contribution in [0.5, 0.6) is 17.2 Å². The Balaban J connectivity index is 1.79. The molecule has 0 heterocycles. The molecule has 7 nitrogen and oxygen atoms in total. The number of benzene rings is 4. The van der Waals surface area contributed by atoms with Crippen molar-refractivity contribution in [2.24, 2.45) is 10.2 Å². The van der Waals surface area contributed by atoms with Crippen molar-refractivity contribution in [3.63, 3.8) is 0 Å². The van der Waals surface area contributed by atoms with Gasteiger partial charge in [-0.25, -0.2) is 0 Å². The lowest BCUT2D eigenvalue weighted by Gasteiger charge is -2.15. The Kier molecular flexibility index (Phi) is 7.31. The van der Waals surface area contributed by atoms with Crippen LogP contribution in [0.3, 0.4) is 0 Å². The summed E-state index contributed by atoms with van der Waals surface area (Å²) < 4.78 is 10.6. The molecule has 0 radical (unpaired) electrons. The van der Waals surface area contributed by atoms with Crippen molar-refractivity contribution in [2.75, 3.05) is 19.5 Å². The number of azo groups is 1. The quantitative estimate of drug-likeness (QED) is 0.246. The Hall–Kier alpha value is -3.52. The Morgan fingerprint density at radius 2 is 1.63 bits per heavy atom. The molecule has 0 aromatic heterocycles. The molecule has 178 valence electrons. The maximum atomic E-state index is 13.2. The van der Waals surface area contributed by atoms with Crippen molar-refractivity contribution in [3.8, 4) is 17.2 Å².